The van der Waals surface area contributed by atoms with Crippen molar-refractivity contribution in [2.24, 2.45) is 0 Å². The average molecular weight is 383 g/mol. The van der Waals surface area contributed by atoms with Gasteiger partial charge < -0.3 is 19.2 Å². The molecule has 1 aliphatic carbocycles. The zero-order valence-electron chi connectivity index (χ0n) is 16.7. The second-order valence-electron chi connectivity index (χ2n) is 8.21. The molecule has 0 saturated heterocycles. The number of carbonyl (C=O) groups is 2. The predicted molar refractivity (Wildman–Crippen MR) is 107 cm³/mol. The van der Waals surface area contributed by atoms with E-state index in [1.165, 1.54) is 0 Å². The van der Waals surface area contributed by atoms with Gasteiger partial charge in [-0.1, -0.05) is 26.2 Å². The smallest absolute Gasteiger partial charge is 0.271 e. The summed E-state index contributed by atoms with van der Waals surface area (Å²) in [5, 5.41) is 3.22. The van der Waals surface area contributed by atoms with E-state index in [1.807, 2.05) is 35.8 Å². The van der Waals surface area contributed by atoms with Gasteiger partial charge in [-0.3, -0.25) is 9.59 Å². The van der Waals surface area contributed by atoms with Gasteiger partial charge in [0.2, 0.25) is 5.91 Å². The Morgan fingerprint density at radius 2 is 2.00 bits per heavy atom. The Bertz CT molecular complexity index is 849. The highest BCUT2D eigenvalue weighted by Gasteiger charge is 2.48. The number of nitrogens with zero attached hydrogens (tertiary/aromatic N) is 2. The van der Waals surface area contributed by atoms with Crippen molar-refractivity contribution in [1.82, 2.24) is 14.8 Å². The quantitative estimate of drug-likeness (QED) is 0.824. The third-order valence-corrected chi connectivity index (χ3v) is 6.20. The fraction of sp³-hybridized carbons (Fsp3) is 0.545. The minimum absolute atomic E-state index is 0.0476. The highest BCUT2D eigenvalue weighted by molar-refractivity contribution is 6.00. The standard InChI is InChI=1S/C22H29N3O3/c1-3-4-13-25-20(26)18-12-11-17(19-10-7-14-28-19)24(18)15-22(25,2)21(27)23-16-8-5-6-9-16/h7,10-12,14,16H,3-6,8-9,13,15H2,1-2H3,(H,23,27). The maximum Gasteiger partial charge on any atom is 0.271 e. The Hall–Kier alpha value is -2.50. The van der Waals surface area contributed by atoms with Gasteiger partial charge >= 0.3 is 0 Å². The van der Waals surface area contributed by atoms with Crippen LogP contribution in [0.3, 0.4) is 0 Å². The molecule has 28 heavy (non-hydrogen) atoms. The number of nitrogens with one attached hydrogen (secondary N) is 1. The van der Waals surface area contributed by atoms with Gasteiger partial charge in [-0.25, -0.2) is 0 Å². The summed E-state index contributed by atoms with van der Waals surface area (Å²) in [4.78, 5) is 28.5. The summed E-state index contributed by atoms with van der Waals surface area (Å²) < 4.78 is 7.50. The van der Waals surface area contributed by atoms with Gasteiger partial charge in [-0.2, -0.15) is 0 Å². The van der Waals surface area contributed by atoms with Crippen LogP contribution in [-0.4, -0.2) is 39.4 Å². The topological polar surface area (TPSA) is 67.5 Å². The lowest BCUT2D eigenvalue weighted by molar-refractivity contribution is -0.133. The van der Waals surface area contributed by atoms with Crippen LogP contribution in [-0.2, 0) is 11.3 Å². The molecule has 0 bridgehead atoms. The molecular weight excluding hydrogens is 354 g/mol. The molecule has 1 fully saturated rings. The van der Waals surface area contributed by atoms with Crippen molar-refractivity contribution >= 4 is 11.8 Å². The van der Waals surface area contributed by atoms with Crippen LogP contribution >= 0.6 is 0 Å². The van der Waals surface area contributed by atoms with Gasteiger partial charge in [0.15, 0.2) is 0 Å². The highest BCUT2D eigenvalue weighted by Crippen LogP contribution is 2.34. The zero-order valence-corrected chi connectivity index (χ0v) is 16.7. The molecule has 2 aromatic rings. The number of amides is 2. The van der Waals surface area contributed by atoms with Crippen LogP contribution in [0.2, 0.25) is 0 Å². The summed E-state index contributed by atoms with van der Waals surface area (Å²) >= 11 is 0. The number of hydrogen-bond donors (Lipinski definition) is 1. The Labute approximate surface area is 165 Å². The van der Waals surface area contributed by atoms with Gasteiger partial charge in [0, 0.05) is 12.6 Å². The van der Waals surface area contributed by atoms with Crippen LogP contribution in [0.1, 0.15) is 62.9 Å². The molecule has 1 atom stereocenters. The third-order valence-electron chi connectivity index (χ3n) is 6.20. The van der Waals surface area contributed by atoms with Crippen molar-refractivity contribution in [3.8, 4) is 11.5 Å². The summed E-state index contributed by atoms with van der Waals surface area (Å²) in [7, 11) is 0. The summed E-state index contributed by atoms with van der Waals surface area (Å²) in [6.45, 7) is 5.02. The summed E-state index contributed by atoms with van der Waals surface area (Å²) in [6, 6.07) is 7.69. The van der Waals surface area contributed by atoms with E-state index in [-0.39, 0.29) is 17.9 Å². The molecule has 1 N–H and O–H groups in total. The van der Waals surface area contributed by atoms with Crippen LogP contribution in [0.5, 0.6) is 0 Å². The second-order valence-corrected chi connectivity index (χ2v) is 8.21. The number of carbonyl (C=O) groups excluding carboxylic acids is 2. The van der Waals surface area contributed by atoms with E-state index in [4.69, 9.17) is 4.42 Å². The minimum atomic E-state index is -0.914. The molecule has 2 amide bonds. The fourth-order valence-corrected chi connectivity index (χ4v) is 4.49. The van der Waals surface area contributed by atoms with Crippen LogP contribution < -0.4 is 5.32 Å². The first kappa shape index (κ1) is 18.8. The third kappa shape index (κ3) is 3.15. The molecule has 1 saturated carbocycles. The number of aromatic nitrogens is 1. The lowest BCUT2D eigenvalue weighted by atomic mass is 9.93. The summed E-state index contributed by atoms with van der Waals surface area (Å²) in [5.74, 6) is 0.579. The normalized spacial score (nSPS) is 22.5. The van der Waals surface area contributed by atoms with E-state index in [0.717, 1.165) is 44.2 Å². The maximum absolute atomic E-state index is 13.4. The van der Waals surface area contributed by atoms with Crippen LogP contribution in [0, 0.1) is 0 Å². The zero-order chi connectivity index (χ0) is 19.7. The Morgan fingerprint density at radius 3 is 2.68 bits per heavy atom. The molecule has 0 aromatic carbocycles. The molecule has 2 aromatic heterocycles. The molecule has 1 unspecified atom stereocenters. The molecule has 1 aliphatic heterocycles. The fourth-order valence-electron chi connectivity index (χ4n) is 4.49. The van der Waals surface area contributed by atoms with Gasteiger partial charge in [-0.15, -0.1) is 0 Å². The maximum atomic E-state index is 13.4. The first-order chi connectivity index (χ1) is 13.5. The van der Waals surface area contributed by atoms with E-state index < -0.39 is 5.54 Å². The largest absolute Gasteiger partial charge is 0.463 e. The van der Waals surface area contributed by atoms with Crippen molar-refractivity contribution < 1.29 is 14.0 Å². The van der Waals surface area contributed by atoms with E-state index in [2.05, 4.69) is 12.2 Å². The Balaban J connectivity index is 1.70. The van der Waals surface area contributed by atoms with Gasteiger partial charge in [-0.05, 0) is 50.5 Å². The van der Waals surface area contributed by atoms with Crippen LogP contribution in [0.4, 0.5) is 0 Å². The molecule has 6 heteroatoms. The molecule has 3 heterocycles. The first-order valence-electron chi connectivity index (χ1n) is 10.4. The number of hydrogen-bond acceptors (Lipinski definition) is 3. The molecule has 0 spiro atoms. The van der Waals surface area contributed by atoms with Crippen molar-refractivity contribution in [2.45, 2.75) is 70.5 Å². The average Bonchev–Trinajstić information content (AvgIpc) is 3.42. The van der Waals surface area contributed by atoms with Crippen molar-refractivity contribution in [1.29, 1.82) is 0 Å². The molecule has 150 valence electrons. The predicted octanol–water partition coefficient (Wildman–Crippen LogP) is 3.82. The monoisotopic (exact) mass is 383 g/mol. The summed E-state index contributed by atoms with van der Waals surface area (Å²) in [6.07, 6.45) is 7.84. The lowest BCUT2D eigenvalue weighted by Crippen LogP contribution is -2.65. The molecule has 6 nitrogen and oxygen atoms in total. The number of furan rings is 1. The van der Waals surface area contributed by atoms with E-state index in [1.54, 1.807) is 11.2 Å². The van der Waals surface area contributed by atoms with E-state index in [9.17, 15) is 9.59 Å². The van der Waals surface area contributed by atoms with Crippen molar-refractivity contribution in [3.63, 3.8) is 0 Å². The van der Waals surface area contributed by atoms with E-state index >= 15 is 0 Å². The number of rotatable bonds is 6. The second kappa shape index (κ2) is 7.49. The molecule has 4 rings (SSSR count). The SMILES string of the molecule is CCCCN1C(=O)c2ccc(-c3ccco3)n2CC1(C)C(=O)NC1CCCC1. The first-order valence-corrected chi connectivity index (χ1v) is 10.4. The minimum Gasteiger partial charge on any atom is -0.463 e. The number of fused-ring (bicyclic) bond motifs is 1. The Kier molecular flexibility index (Phi) is 5.04. The van der Waals surface area contributed by atoms with Gasteiger partial charge in [0.1, 0.15) is 17.0 Å². The molecule has 0 radical (unpaired) electrons. The van der Waals surface area contributed by atoms with E-state index in [0.29, 0.717) is 24.5 Å². The highest BCUT2D eigenvalue weighted by atomic mass is 16.3. The Morgan fingerprint density at radius 1 is 1.25 bits per heavy atom. The van der Waals surface area contributed by atoms with Crippen molar-refractivity contribution in [3.05, 3.63) is 36.2 Å². The van der Waals surface area contributed by atoms with Gasteiger partial charge in [0.05, 0.1) is 18.5 Å². The molecular formula is C22H29N3O3. The van der Waals surface area contributed by atoms with Crippen molar-refractivity contribution in [2.75, 3.05) is 6.54 Å². The molecule has 2 aliphatic rings. The number of unbranched alkanes of at least 4 members (excludes halogenated alkanes) is 1. The lowest BCUT2D eigenvalue weighted by Gasteiger charge is -2.44. The van der Waals surface area contributed by atoms with Crippen LogP contribution in [0.25, 0.3) is 11.5 Å². The van der Waals surface area contributed by atoms with Gasteiger partial charge in [0.25, 0.3) is 5.91 Å². The summed E-state index contributed by atoms with van der Waals surface area (Å²) in [5.41, 5.74) is 0.541. The van der Waals surface area contributed by atoms with Crippen LogP contribution in [0.15, 0.2) is 34.9 Å².